The third kappa shape index (κ3) is 12.6. The van der Waals surface area contributed by atoms with Crippen molar-refractivity contribution in [1.29, 1.82) is 5.26 Å². The zero-order chi connectivity index (χ0) is 26.3. The molecule has 3 rings (SSSR count). The molecule has 198 valence electrons. The van der Waals surface area contributed by atoms with Gasteiger partial charge in [0, 0.05) is 12.1 Å². The Labute approximate surface area is 227 Å². The first-order chi connectivity index (χ1) is 16.6. The lowest BCUT2D eigenvalue weighted by atomic mass is 9.94. The Morgan fingerprint density at radius 3 is 1.72 bits per heavy atom. The number of thiophene rings is 1. The molecule has 36 heavy (non-hydrogen) atoms. The van der Waals surface area contributed by atoms with Gasteiger partial charge in [0.1, 0.15) is 4.21 Å². The number of sulfonamides is 1. The van der Waals surface area contributed by atoms with Gasteiger partial charge in [-0.2, -0.15) is 5.26 Å². The molecule has 0 aliphatic carbocycles. The zero-order valence-electron chi connectivity index (χ0n) is 21.4. The van der Waals surface area contributed by atoms with Gasteiger partial charge >= 0.3 is 0 Å². The molecule has 0 fully saturated rings. The second kappa shape index (κ2) is 18.1. The van der Waals surface area contributed by atoms with Crippen molar-refractivity contribution < 1.29 is 8.42 Å². The van der Waals surface area contributed by atoms with Crippen molar-refractivity contribution in [1.82, 2.24) is 5.32 Å². The molecule has 0 bridgehead atoms. The van der Waals surface area contributed by atoms with Crippen molar-refractivity contribution in [3.8, 4) is 6.07 Å². The Hall–Kier alpha value is -2.25. The summed E-state index contributed by atoms with van der Waals surface area (Å²) in [6, 6.07) is 26.2. The summed E-state index contributed by atoms with van der Waals surface area (Å²) >= 11 is 1.12. The summed E-state index contributed by atoms with van der Waals surface area (Å²) in [6.45, 7) is 8.39. The lowest BCUT2D eigenvalue weighted by molar-refractivity contribution is 0.363. The van der Waals surface area contributed by atoms with Crippen LogP contribution in [0.4, 0.5) is 0 Å². The summed E-state index contributed by atoms with van der Waals surface area (Å²) in [5.41, 5.74) is 8.04. The predicted molar refractivity (Wildman–Crippen MR) is 153 cm³/mol. The maximum atomic E-state index is 10.5. The van der Waals surface area contributed by atoms with Crippen LogP contribution in [0.15, 0.2) is 82.4 Å². The zero-order valence-corrected chi connectivity index (χ0v) is 23.8. The van der Waals surface area contributed by atoms with E-state index < -0.39 is 10.0 Å². The largest absolute Gasteiger partial charge is 0.324 e. The number of nitrogens with one attached hydrogen (secondary N) is 1. The molecule has 0 aliphatic heterocycles. The number of rotatable bonds is 8. The first-order valence-corrected chi connectivity index (χ1v) is 14.1. The highest BCUT2D eigenvalue weighted by Crippen LogP contribution is 2.18. The minimum Gasteiger partial charge on any atom is -0.324 e. The monoisotopic (exact) mass is 550 g/mol. The van der Waals surface area contributed by atoms with Crippen LogP contribution in [0.1, 0.15) is 63.7 Å². The number of halogens is 1. The molecule has 1 heterocycles. The molecule has 0 saturated carbocycles. The Morgan fingerprint density at radius 2 is 1.42 bits per heavy atom. The summed E-state index contributed by atoms with van der Waals surface area (Å²) in [5, 5.41) is 19.1. The molecule has 0 unspecified atom stereocenters. The van der Waals surface area contributed by atoms with Crippen molar-refractivity contribution >= 4 is 33.8 Å². The number of benzene rings is 2. The van der Waals surface area contributed by atoms with Gasteiger partial charge in [0.15, 0.2) is 0 Å². The van der Waals surface area contributed by atoms with Gasteiger partial charge in [-0.25, -0.2) is 13.6 Å². The summed E-state index contributed by atoms with van der Waals surface area (Å²) in [6.07, 6.45) is 2.09. The smallest absolute Gasteiger partial charge is 0.247 e. The van der Waals surface area contributed by atoms with Crippen LogP contribution in [0.25, 0.3) is 0 Å². The summed E-state index contributed by atoms with van der Waals surface area (Å²) in [7, 11) is -3.44. The van der Waals surface area contributed by atoms with Crippen molar-refractivity contribution in [3.63, 3.8) is 0 Å². The third-order valence-electron chi connectivity index (χ3n) is 5.49. The maximum absolute atomic E-state index is 10.5. The fourth-order valence-electron chi connectivity index (χ4n) is 3.33. The maximum Gasteiger partial charge on any atom is 0.247 e. The number of nitrogens with zero attached hydrogens (tertiary/aromatic N) is 1. The molecule has 5 N–H and O–H groups in total. The van der Waals surface area contributed by atoms with Crippen LogP contribution in [0.2, 0.25) is 0 Å². The molecular weight excluding hydrogens is 512 g/mol. The second-order valence-electron chi connectivity index (χ2n) is 8.16. The molecule has 0 radical (unpaired) electrons. The van der Waals surface area contributed by atoms with Crippen LogP contribution >= 0.6 is 23.7 Å². The highest BCUT2D eigenvalue weighted by molar-refractivity contribution is 7.91. The molecule has 1 aromatic heterocycles. The Morgan fingerprint density at radius 1 is 0.917 bits per heavy atom. The van der Waals surface area contributed by atoms with Crippen LogP contribution < -0.4 is 16.2 Å². The summed E-state index contributed by atoms with van der Waals surface area (Å²) < 4.78 is 21.2. The predicted octanol–water partition coefficient (Wildman–Crippen LogP) is 6.19. The van der Waals surface area contributed by atoms with Crippen molar-refractivity contribution in [3.05, 3.63) is 89.3 Å². The van der Waals surface area contributed by atoms with E-state index in [1.54, 1.807) is 11.4 Å². The Bertz CT molecular complexity index is 1080. The lowest BCUT2D eigenvalue weighted by Crippen LogP contribution is -2.36. The van der Waals surface area contributed by atoms with Gasteiger partial charge in [-0.05, 0) is 42.3 Å². The van der Waals surface area contributed by atoms with E-state index in [-0.39, 0.29) is 34.7 Å². The van der Waals surface area contributed by atoms with Crippen LogP contribution in [-0.4, -0.2) is 14.5 Å². The van der Waals surface area contributed by atoms with E-state index in [9.17, 15) is 13.7 Å². The molecule has 0 saturated heterocycles. The van der Waals surface area contributed by atoms with Gasteiger partial charge in [-0.1, -0.05) is 93.4 Å². The van der Waals surface area contributed by atoms with Gasteiger partial charge in [0.05, 0.1) is 12.1 Å². The number of hydrogen-bond donors (Lipinski definition) is 3. The van der Waals surface area contributed by atoms with Crippen molar-refractivity contribution in [2.24, 2.45) is 16.8 Å². The topological polar surface area (TPSA) is 122 Å². The molecule has 0 aliphatic rings. The Kier molecular flexibility index (Phi) is 16.9. The number of nitriles is 1. The summed E-state index contributed by atoms with van der Waals surface area (Å²) in [4.78, 5) is 0. The van der Waals surface area contributed by atoms with E-state index in [0.29, 0.717) is 5.92 Å². The van der Waals surface area contributed by atoms with E-state index in [2.05, 4.69) is 44.3 Å². The van der Waals surface area contributed by atoms with Gasteiger partial charge in [-0.15, -0.1) is 23.7 Å². The highest BCUT2D eigenvalue weighted by Gasteiger charge is 2.20. The fraction of sp³-hybridized carbons (Fsp3) is 0.370. The van der Waals surface area contributed by atoms with Crippen molar-refractivity contribution in [2.45, 2.75) is 62.9 Å². The second-order valence-corrected chi connectivity index (χ2v) is 10.9. The first kappa shape index (κ1) is 33.8. The van der Waals surface area contributed by atoms with E-state index in [1.165, 1.54) is 17.2 Å². The van der Waals surface area contributed by atoms with E-state index in [0.717, 1.165) is 24.2 Å². The average molecular weight is 551 g/mol. The van der Waals surface area contributed by atoms with E-state index in [4.69, 9.17) is 10.9 Å². The SMILES string of the molecule is CCC(CC)[C@@H](C#N)N[C@@H](C)c1ccccc1.C[C@H](N)c1ccccc1.Cl.NS(=O)(=O)c1cccs1. The van der Waals surface area contributed by atoms with Gasteiger partial charge in [0.25, 0.3) is 0 Å². The molecule has 3 atom stereocenters. The molecule has 2 aromatic carbocycles. The number of primary sulfonamides is 1. The normalized spacial score (nSPS) is 12.9. The van der Waals surface area contributed by atoms with E-state index >= 15 is 0 Å². The first-order valence-electron chi connectivity index (χ1n) is 11.7. The van der Waals surface area contributed by atoms with Gasteiger partial charge in [-0.3, -0.25) is 5.32 Å². The average Bonchev–Trinajstić information content (AvgIpc) is 3.42. The minimum absolute atomic E-state index is 0. The Balaban J connectivity index is 0.000000546. The number of nitrogens with two attached hydrogens (primary N) is 2. The molecule has 6 nitrogen and oxygen atoms in total. The molecule has 3 aromatic rings. The standard InChI is InChI=1S/C15H22N2.C8H11N.C4H5NO2S2.ClH/c1-4-13(5-2)15(11-16)17-12(3)14-9-7-6-8-10-14;1-7(9)8-5-3-2-4-6-8;5-9(6,7)4-2-1-3-8-4;/h6-10,12-13,15,17H,4-5H2,1-3H3;2-7H,9H2,1H3;1-3H,(H2,5,6,7);1H/t12-,15+;7-;;/m00../s1. The molecule has 9 heteroatoms. The summed E-state index contributed by atoms with van der Waals surface area (Å²) in [5.74, 6) is 0.436. The lowest BCUT2D eigenvalue weighted by Gasteiger charge is -2.24. The quantitative estimate of drug-likeness (QED) is 0.308. The van der Waals surface area contributed by atoms with Crippen LogP contribution in [0, 0.1) is 17.2 Å². The highest BCUT2D eigenvalue weighted by atomic mass is 35.5. The number of hydrogen-bond acceptors (Lipinski definition) is 6. The molecular formula is C27H39ClN4O2S2. The van der Waals surface area contributed by atoms with Crippen LogP contribution in [0.3, 0.4) is 0 Å². The van der Waals surface area contributed by atoms with Gasteiger partial charge < -0.3 is 5.73 Å². The molecule has 0 amide bonds. The van der Waals surface area contributed by atoms with E-state index in [1.807, 2.05) is 55.5 Å². The third-order valence-corrected chi connectivity index (χ3v) is 7.83. The van der Waals surface area contributed by atoms with Crippen LogP contribution in [0.5, 0.6) is 0 Å². The fourth-order valence-corrected chi connectivity index (χ4v) is 4.75. The minimum atomic E-state index is -3.44. The molecule has 0 spiro atoms. The van der Waals surface area contributed by atoms with Crippen molar-refractivity contribution in [2.75, 3.05) is 0 Å². The van der Waals surface area contributed by atoms with Gasteiger partial charge in [0.2, 0.25) is 10.0 Å². The van der Waals surface area contributed by atoms with Crippen LogP contribution in [-0.2, 0) is 10.0 Å².